The lowest BCUT2D eigenvalue weighted by atomic mass is 10.0. The van der Waals surface area contributed by atoms with E-state index in [0.29, 0.717) is 23.1 Å². The summed E-state index contributed by atoms with van der Waals surface area (Å²) in [6.45, 7) is 6.00. The normalized spacial score (nSPS) is 10.8. The highest BCUT2D eigenvalue weighted by Gasteiger charge is 2.16. The molecular formula is C20H23N5O2. The van der Waals surface area contributed by atoms with Crippen molar-refractivity contribution in [3.63, 3.8) is 0 Å². The van der Waals surface area contributed by atoms with Crippen molar-refractivity contribution >= 4 is 5.91 Å². The molecular weight excluding hydrogens is 342 g/mol. The standard InChI is InChI=1S/C20H23N5O2/c1-5-7-17-11-21-13(2)22-19(17)15-8-6-9-16(10-15)20(26)25(4)12-18-23-14(3)27-24-18/h6,8-11H,5,7,12H2,1-4H3. The first-order valence-electron chi connectivity index (χ1n) is 8.95. The van der Waals surface area contributed by atoms with Gasteiger partial charge in [0.1, 0.15) is 5.82 Å². The van der Waals surface area contributed by atoms with Crippen LogP contribution in [0.3, 0.4) is 0 Å². The van der Waals surface area contributed by atoms with Crippen molar-refractivity contribution in [2.45, 2.75) is 40.2 Å². The molecule has 0 bridgehead atoms. The van der Waals surface area contributed by atoms with Gasteiger partial charge in [-0.15, -0.1) is 0 Å². The monoisotopic (exact) mass is 365 g/mol. The molecule has 0 radical (unpaired) electrons. The molecule has 0 saturated carbocycles. The van der Waals surface area contributed by atoms with Gasteiger partial charge in [0.15, 0.2) is 5.82 Å². The van der Waals surface area contributed by atoms with Gasteiger partial charge in [0, 0.05) is 31.3 Å². The van der Waals surface area contributed by atoms with E-state index in [0.717, 1.165) is 29.7 Å². The number of carbonyl (C=O) groups is 1. The van der Waals surface area contributed by atoms with Gasteiger partial charge >= 0.3 is 0 Å². The zero-order valence-corrected chi connectivity index (χ0v) is 16.1. The third kappa shape index (κ3) is 4.36. The van der Waals surface area contributed by atoms with Crippen LogP contribution in [-0.2, 0) is 13.0 Å². The van der Waals surface area contributed by atoms with Gasteiger partial charge in [-0.05, 0) is 31.0 Å². The average Bonchev–Trinajstić information content (AvgIpc) is 3.07. The molecule has 0 spiro atoms. The van der Waals surface area contributed by atoms with Crippen molar-refractivity contribution in [1.82, 2.24) is 25.0 Å². The SMILES string of the molecule is CCCc1cnc(C)nc1-c1cccc(C(=O)N(C)Cc2noc(C)n2)c1. The van der Waals surface area contributed by atoms with Crippen LogP contribution in [0.1, 0.15) is 46.8 Å². The van der Waals surface area contributed by atoms with Crippen LogP contribution in [0.15, 0.2) is 35.0 Å². The van der Waals surface area contributed by atoms with Crippen LogP contribution < -0.4 is 0 Å². The predicted molar refractivity (Wildman–Crippen MR) is 101 cm³/mol. The van der Waals surface area contributed by atoms with E-state index in [1.807, 2.05) is 31.3 Å². The average molecular weight is 365 g/mol. The van der Waals surface area contributed by atoms with Crippen molar-refractivity contribution in [3.05, 3.63) is 59.1 Å². The summed E-state index contributed by atoms with van der Waals surface area (Å²) in [4.78, 5) is 27.5. The van der Waals surface area contributed by atoms with E-state index < -0.39 is 0 Å². The molecule has 2 heterocycles. The molecule has 1 aromatic carbocycles. The lowest BCUT2D eigenvalue weighted by molar-refractivity contribution is 0.0780. The highest BCUT2D eigenvalue weighted by atomic mass is 16.5. The molecule has 27 heavy (non-hydrogen) atoms. The number of aromatic nitrogens is 4. The van der Waals surface area contributed by atoms with Gasteiger partial charge in [-0.2, -0.15) is 4.98 Å². The van der Waals surface area contributed by atoms with Crippen LogP contribution in [0.5, 0.6) is 0 Å². The van der Waals surface area contributed by atoms with Crippen LogP contribution in [0, 0.1) is 13.8 Å². The van der Waals surface area contributed by atoms with Gasteiger partial charge in [-0.1, -0.05) is 30.6 Å². The highest BCUT2D eigenvalue weighted by molar-refractivity contribution is 5.95. The molecule has 7 heteroatoms. The fraction of sp³-hybridized carbons (Fsp3) is 0.350. The van der Waals surface area contributed by atoms with Gasteiger partial charge in [-0.25, -0.2) is 9.97 Å². The summed E-state index contributed by atoms with van der Waals surface area (Å²) >= 11 is 0. The minimum absolute atomic E-state index is 0.109. The maximum atomic E-state index is 12.8. The maximum absolute atomic E-state index is 12.8. The van der Waals surface area contributed by atoms with Crippen LogP contribution in [0.4, 0.5) is 0 Å². The molecule has 0 fully saturated rings. The van der Waals surface area contributed by atoms with E-state index >= 15 is 0 Å². The first kappa shape index (κ1) is 18.7. The van der Waals surface area contributed by atoms with Gasteiger partial charge in [-0.3, -0.25) is 4.79 Å². The van der Waals surface area contributed by atoms with Crippen LogP contribution >= 0.6 is 0 Å². The summed E-state index contributed by atoms with van der Waals surface area (Å²) in [5, 5.41) is 3.84. The van der Waals surface area contributed by atoms with Crippen molar-refractivity contribution in [2.75, 3.05) is 7.05 Å². The van der Waals surface area contributed by atoms with Crippen LogP contribution in [0.2, 0.25) is 0 Å². The molecule has 7 nitrogen and oxygen atoms in total. The summed E-state index contributed by atoms with van der Waals surface area (Å²) in [5.74, 6) is 1.57. The summed E-state index contributed by atoms with van der Waals surface area (Å²) in [6, 6.07) is 7.53. The molecule has 2 aromatic heterocycles. The summed E-state index contributed by atoms with van der Waals surface area (Å²) in [6.07, 6.45) is 3.77. The van der Waals surface area contributed by atoms with Crippen molar-refractivity contribution in [2.24, 2.45) is 0 Å². The van der Waals surface area contributed by atoms with E-state index in [2.05, 4.69) is 27.0 Å². The fourth-order valence-electron chi connectivity index (χ4n) is 2.91. The third-order valence-electron chi connectivity index (χ3n) is 4.18. The van der Waals surface area contributed by atoms with E-state index in [1.165, 1.54) is 0 Å². The zero-order chi connectivity index (χ0) is 19.4. The van der Waals surface area contributed by atoms with E-state index in [-0.39, 0.29) is 12.5 Å². The quantitative estimate of drug-likeness (QED) is 0.666. The van der Waals surface area contributed by atoms with E-state index in [4.69, 9.17) is 4.52 Å². The van der Waals surface area contributed by atoms with Gasteiger partial charge in [0.2, 0.25) is 5.89 Å². The largest absolute Gasteiger partial charge is 0.340 e. The number of carbonyl (C=O) groups excluding carboxylic acids is 1. The Kier molecular flexibility index (Phi) is 5.59. The molecule has 3 aromatic rings. The first-order chi connectivity index (χ1) is 13.0. The van der Waals surface area contributed by atoms with Gasteiger partial charge < -0.3 is 9.42 Å². The Morgan fingerprint density at radius 1 is 1.22 bits per heavy atom. The summed E-state index contributed by atoms with van der Waals surface area (Å²) in [5.41, 5.74) is 3.48. The Morgan fingerprint density at radius 2 is 2.04 bits per heavy atom. The number of benzene rings is 1. The second kappa shape index (κ2) is 8.07. The summed E-state index contributed by atoms with van der Waals surface area (Å²) < 4.78 is 4.96. The Hall–Kier alpha value is -3.09. The lowest BCUT2D eigenvalue weighted by Crippen LogP contribution is -2.26. The zero-order valence-electron chi connectivity index (χ0n) is 16.1. The Bertz CT molecular complexity index is 951. The Balaban J connectivity index is 1.87. The molecule has 0 aliphatic rings. The van der Waals surface area contributed by atoms with E-state index in [1.54, 1.807) is 24.9 Å². The first-order valence-corrected chi connectivity index (χ1v) is 8.95. The molecule has 0 unspecified atom stereocenters. The molecule has 0 aliphatic carbocycles. The molecule has 0 atom stereocenters. The Morgan fingerprint density at radius 3 is 2.74 bits per heavy atom. The lowest BCUT2D eigenvalue weighted by Gasteiger charge is -2.16. The maximum Gasteiger partial charge on any atom is 0.254 e. The summed E-state index contributed by atoms with van der Waals surface area (Å²) in [7, 11) is 1.72. The molecule has 140 valence electrons. The number of amides is 1. The number of hydrogen-bond donors (Lipinski definition) is 0. The van der Waals surface area contributed by atoms with E-state index in [9.17, 15) is 4.79 Å². The minimum atomic E-state index is -0.109. The van der Waals surface area contributed by atoms with Crippen molar-refractivity contribution < 1.29 is 9.32 Å². The fourth-order valence-corrected chi connectivity index (χ4v) is 2.91. The topological polar surface area (TPSA) is 85.0 Å². The number of nitrogens with zero attached hydrogens (tertiary/aromatic N) is 5. The Labute approximate surface area is 158 Å². The number of hydrogen-bond acceptors (Lipinski definition) is 6. The van der Waals surface area contributed by atoms with Gasteiger partial charge in [0.25, 0.3) is 5.91 Å². The smallest absolute Gasteiger partial charge is 0.254 e. The minimum Gasteiger partial charge on any atom is -0.340 e. The van der Waals surface area contributed by atoms with Crippen LogP contribution in [0.25, 0.3) is 11.3 Å². The van der Waals surface area contributed by atoms with Crippen molar-refractivity contribution in [1.29, 1.82) is 0 Å². The van der Waals surface area contributed by atoms with Crippen LogP contribution in [-0.4, -0.2) is 38.0 Å². The molecule has 0 N–H and O–H groups in total. The second-order valence-corrected chi connectivity index (χ2v) is 6.51. The molecule has 1 amide bonds. The number of aryl methyl sites for hydroxylation is 3. The number of rotatable bonds is 6. The third-order valence-corrected chi connectivity index (χ3v) is 4.18. The highest BCUT2D eigenvalue weighted by Crippen LogP contribution is 2.24. The molecule has 0 saturated heterocycles. The van der Waals surface area contributed by atoms with Gasteiger partial charge in [0.05, 0.1) is 12.2 Å². The molecule has 3 rings (SSSR count). The predicted octanol–water partition coefficient (Wildman–Crippen LogP) is 3.37. The second-order valence-electron chi connectivity index (χ2n) is 6.51. The van der Waals surface area contributed by atoms with Crippen molar-refractivity contribution in [3.8, 4) is 11.3 Å². The molecule has 0 aliphatic heterocycles.